The van der Waals surface area contributed by atoms with E-state index in [1.165, 1.54) is 6.92 Å². The number of allylic oxidation sites excluding steroid dienone is 1. The third kappa shape index (κ3) is 4.24. The molecule has 1 N–H and O–H groups in total. The molecule has 0 aromatic heterocycles. The molecular formula is C25H25NO5. The van der Waals surface area contributed by atoms with E-state index < -0.39 is 23.4 Å². The van der Waals surface area contributed by atoms with Crippen molar-refractivity contribution < 1.29 is 23.9 Å². The number of ether oxygens (including phenoxy) is 2. The lowest BCUT2D eigenvalue weighted by Crippen LogP contribution is -2.31. The standard InChI is InChI=1S/C25H25NO5/c1-16-12-20-15-30-24(29)25(20,13-16)14-18-8-10-21(11-9-18)26-23(28)22(31-17(2)27)19-6-4-3-5-7-19/h3-11,20,22H,1,12-15H2,2H3,(H,26,28)/t20?,22-,25?/m0/s1. The molecule has 0 spiro atoms. The van der Waals surface area contributed by atoms with Crippen LogP contribution in [0, 0.1) is 11.3 Å². The topological polar surface area (TPSA) is 81.7 Å². The average Bonchev–Trinajstić information content (AvgIpc) is 3.22. The van der Waals surface area contributed by atoms with E-state index in [1.807, 2.05) is 18.2 Å². The lowest BCUT2D eigenvalue weighted by molar-refractivity contribution is -0.152. The Labute approximate surface area is 181 Å². The summed E-state index contributed by atoms with van der Waals surface area (Å²) >= 11 is 0. The molecule has 2 unspecified atom stereocenters. The highest BCUT2D eigenvalue weighted by Gasteiger charge is 2.55. The van der Waals surface area contributed by atoms with Crippen LogP contribution in [0.5, 0.6) is 0 Å². The molecule has 1 saturated heterocycles. The van der Waals surface area contributed by atoms with E-state index in [-0.39, 0.29) is 11.9 Å². The summed E-state index contributed by atoms with van der Waals surface area (Å²) in [5, 5.41) is 2.81. The first kappa shape index (κ1) is 20.8. The van der Waals surface area contributed by atoms with Crippen molar-refractivity contribution in [3.63, 3.8) is 0 Å². The zero-order valence-corrected chi connectivity index (χ0v) is 17.4. The van der Waals surface area contributed by atoms with E-state index in [9.17, 15) is 14.4 Å². The molecule has 2 aromatic carbocycles. The van der Waals surface area contributed by atoms with Gasteiger partial charge in [0, 0.05) is 24.1 Å². The number of hydrogen-bond acceptors (Lipinski definition) is 5. The number of benzene rings is 2. The zero-order valence-electron chi connectivity index (χ0n) is 17.4. The highest BCUT2D eigenvalue weighted by molar-refractivity contribution is 5.96. The van der Waals surface area contributed by atoms with Gasteiger partial charge in [-0.05, 0) is 37.0 Å². The number of nitrogens with one attached hydrogen (secondary N) is 1. The van der Waals surface area contributed by atoms with Crippen LogP contribution in [0.3, 0.4) is 0 Å². The van der Waals surface area contributed by atoms with Crippen LogP contribution in [0.25, 0.3) is 0 Å². The summed E-state index contributed by atoms with van der Waals surface area (Å²) in [7, 11) is 0. The molecule has 1 amide bonds. The van der Waals surface area contributed by atoms with Crippen molar-refractivity contribution in [1.82, 2.24) is 0 Å². The van der Waals surface area contributed by atoms with Crippen molar-refractivity contribution in [2.45, 2.75) is 32.3 Å². The molecule has 6 nitrogen and oxygen atoms in total. The molecule has 1 heterocycles. The first-order chi connectivity index (χ1) is 14.9. The van der Waals surface area contributed by atoms with Gasteiger partial charge < -0.3 is 14.8 Å². The molecule has 2 aromatic rings. The van der Waals surface area contributed by atoms with Gasteiger partial charge in [-0.25, -0.2) is 0 Å². The Morgan fingerprint density at radius 1 is 1.19 bits per heavy atom. The van der Waals surface area contributed by atoms with Gasteiger partial charge in [-0.2, -0.15) is 0 Å². The Balaban J connectivity index is 1.47. The van der Waals surface area contributed by atoms with Gasteiger partial charge in [-0.3, -0.25) is 14.4 Å². The number of fused-ring (bicyclic) bond motifs is 1. The summed E-state index contributed by atoms with van der Waals surface area (Å²) in [5.41, 5.74) is 2.76. The van der Waals surface area contributed by atoms with Crippen LogP contribution in [0.2, 0.25) is 0 Å². The van der Waals surface area contributed by atoms with Gasteiger partial charge in [0.05, 0.1) is 12.0 Å². The molecule has 160 valence electrons. The van der Waals surface area contributed by atoms with E-state index in [0.717, 1.165) is 17.6 Å². The van der Waals surface area contributed by atoms with Crippen LogP contribution in [0.15, 0.2) is 66.7 Å². The van der Waals surface area contributed by atoms with Gasteiger partial charge in [0.25, 0.3) is 5.91 Å². The Kier molecular flexibility index (Phi) is 5.63. The predicted molar refractivity (Wildman–Crippen MR) is 115 cm³/mol. The second-order valence-corrected chi connectivity index (χ2v) is 8.35. The van der Waals surface area contributed by atoms with E-state index in [0.29, 0.717) is 30.7 Å². The maximum Gasteiger partial charge on any atom is 0.313 e. The normalized spacial score (nSPS) is 23.1. The third-order valence-electron chi connectivity index (χ3n) is 6.07. The van der Waals surface area contributed by atoms with Gasteiger partial charge in [0.15, 0.2) is 0 Å². The SMILES string of the molecule is C=C1CC2COC(=O)C2(Cc2ccc(NC(=O)[C@@H](OC(C)=O)c3ccccc3)cc2)C1. The predicted octanol–water partition coefficient (Wildman–Crippen LogP) is 3.98. The number of amides is 1. The average molecular weight is 419 g/mol. The minimum Gasteiger partial charge on any atom is -0.465 e. The maximum absolute atomic E-state index is 12.8. The van der Waals surface area contributed by atoms with Crippen LogP contribution >= 0.6 is 0 Å². The van der Waals surface area contributed by atoms with Crippen molar-refractivity contribution in [3.05, 3.63) is 77.9 Å². The fraction of sp³-hybridized carbons (Fsp3) is 0.320. The molecule has 2 fully saturated rings. The fourth-order valence-electron chi connectivity index (χ4n) is 4.61. The van der Waals surface area contributed by atoms with E-state index >= 15 is 0 Å². The minimum atomic E-state index is -1.03. The molecule has 2 aliphatic rings. The Morgan fingerprint density at radius 3 is 2.58 bits per heavy atom. The molecule has 31 heavy (non-hydrogen) atoms. The summed E-state index contributed by atoms with van der Waals surface area (Å²) in [5.74, 6) is -0.920. The van der Waals surface area contributed by atoms with Crippen LogP contribution in [0.1, 0.15) is 37.0 Å². The summed E-state index contributed by atoms with van der Waals surface area (Å²) < 4.78 is 10.6. The monoisotopic (exact) mass is 419 g/mol. The fourth-order valence-corrected chi connectivity index (χ4v) is 4.61. The molecule has 1 aliphatic carbocycles. The van der Waals surface area contributed by atoms with Crippen LogP contribution < -0.4 is 5.32 Å². The maximum atomic E-state index is 12.8. The largest absolute Gasteiger partial charge is 0.465 e. The summed E-state index contributed by atoms with van der Waals surface area (Å²) in [6.07, 6.45) is 1.05. The van der Waals surface area contributed by atoms with Crippen molar-refractivity contribution in [2.75, 3.05) is 11.9 Å². The second-order valence-electron chi connectivity index (χ2n) is 8.35. The summed E-state index contributed by atoms with van der Waals surface area (Å²) in [6, 6.07) is 16.3. The Hall–Kier alpha value is -3.41. The van der Waals surface area contributed by atoms with Crippen LogP contribution in [-0.2, 0) is 30.3 Å². The number of rotatable bonds is 6. The second kappa shape index (κ2) is 8.38. The number of esters is 2. The number of anilines is 1. The van der Waals surface area contributed by atoms with Crippen molar-refractivity contribution in [1.29, 1.82) is 0 Å². The zero-order chi connectivity index (χ0) is 22.0. The van der Waals surface area contributed by atoms with Gasteiger partial charge in [-0.1, -0.05) is 54.6 Å². The molecule has 0 bridgehead atoms. The van der Waals surface area contributed by atoms with Crippen LogP contribution in [0.4, 0.5) is 5.69 Å². The number of carbonyl (C=O) groups excluding carboxylic acids is 3. The quantitative estimate of drug-likeness (QED) is 0.566. The molecule has 3 atom stereocenters. The number of hydrogen-bond donors (Lipinski definition) is 1. The number of cyclic esters (lactones) is 1. The Morgan fingerprint density at radius 2 is 1.90 bits per heavy atom. The molecule has 6 heteroatoms. The molecular weight excluding hydrogens is 394 g/mol. The van der Waals surface area contributed by atoms with E-state index in [2.05, 4.69) is 11.9 Å². The van der Waals surface area contributed by atoms with Crippen molar-refractivity contribution in [3.8, 4) is 0 Å². The summed E-state index contributed by atoms with van der Waals surface area (Å²) in [6.45, 7) is 5.81. The highest BCUT2D eigenvalue weighted by Crippen LogP contribution is 2.52. The van der Waals surface area contributed by atoms with Crippen LogP contribution in [-0.4, -0.2) is 24.5 Å². The highest BCUT2D eigenvalue weighted by atomic mass is 16.5. The molecule has 1 aliphatic heterocycles. The minimum absolute atomic E-state index is 0.138. The lowest BCUT2D eigenvalue weighted by atomic mass is 9.75. The van der Waals surface area contributed by atoms with E-state index in [4.69, 9.17) is 9.47 Å². The molecule has 0 radical (unpaired) electrons. The first-order valence-electron chi connectivity index (χ1n) is 10.3. The smallest absolute Gasteiger partial charge is 0.313 e. The van der Waals surface area contributed by atoms with Gasteiger partial charge >= 0.3 is 11.9 Å². The Bertz CT molecular complexity index is 1010. The first-order valence-corrected chi connectivity index (χ1v) is 10.3. The summed E-state index contributed by atoms with van der Waals surface area (Å²) in [4.78, 5) is 36.7. The number of carbonyl (C=O) groups is 3. The molecule has 4 rings (SSSR count). The van der Waals surface area contributed by atoms with Gasteiger partial charge in [0.1, 0.15) is 0 Å². The third-order valence-corrected chi connectivity index (χ3v) is 6.07. The van der Waals surface area contributed by atoms with Gasteiger partial charge in [0.2, 0.25) is 6.10 Å². The van der Waals surface area contributed by atoms with E-state index in [1.54, 1.807) is 36.4 Å². The molecule has 1 saturated carbocycles. The van der Waals surface area contributed by atoms with Gasteiger partial charge in [-0.15, -0.1) is 0 Å². The van der Waals surface area contributed by atoms with Crippen molar-refractivity contribution in [2.24, 2.45) is 11.3 Å². The lowest BCUT2D eigenvalue weighted by Gasteiger charge is -2.24. The van der Waals surface area contributed by atoms with Crippen molar-refractivity contribution >= 4 is 23.5 Å².